The van der Waals surface area contributed by atoms with E-state index in [1.807, 2.05) is 54.6 Å². The van der Waals surface area contributed by atoms with Crippen molar-refractivity contribution in [2.45, 2.75) is 6.54 Å². The third-order valence-electron chi connectivity index (χ3n) is 3.05. The van der Waals surface area contributed by atoms with E-state index in [0.29, 0.717) is 18.5 Å². The first kappa shape index (κ1) is 13.2. The van der Waals surface area contributed by atoms with Gasteiger partial charge < -0.3 is 14.5 Å². The highest BCUT2D eigenvalue weighted by atomic mass is 16.5. The predicted molar refractivity (Wildman–Crippen MR) is 80.1 cm³/mol. The van der Waals surface area contributed by atoms with E-state index in [1.165, 1.54) is 0 Å². The molecule has 0 spiro atoms. The van der Waals surface area contributed by atoms with Gasteiger partial charge in [0, 0.05) is 12.1 Å². The van der Waals surface area contributed by atoms with Gasteiger partial charge in [0.05, 0.1) is 7.11 Å². The lowest BCUT2D eigenvalue weighted by molar-refractivity contribution is 0.414. The fourth-order valence-corrected chi connectivity index (χ4v) is 1.91. The molecule has 3 rings (SSSR count). The van der Waals surface area contributed by atoms with Gasteiger partial charge in [-0.25, -0.2) is 0 Å². The maximum absolute atomic E-state index is 5.58. The Labute approximate surface area is 122 Å². The highest BCUT2D eigenvalue weighted by molar-refractivity contribution is 5.52. The third-order valence-corrected chi connectivity index (χ3v) is 3.05. The molecule has 0 aliphatic rings. The third kappa shape index (κ3) is 3.20. The molecule has 3 aromatic rings. The molecule has 0 radical (unpaired) electrons. The van der Waals surface area contributed by atoms with Crippen molar-refractivity contribution in [3.63, 3.8) is 0 Å². The van der Waals surface area contributed by atoms with Crippen molar-refractivity contribution in [1.82, 2.24) is 10.2 Å². The van der Waals surface area contributed by atoms with Gasteiger partial charge in [-0.05, 0) is 29.8 Å². The summed E-state index contributed by atoms with van der Waals surface area (Å²) in [6.45, 7) is 0.612. The van der Waals surface area contributed by atoms with Gasteiger partial charge in [0.2, 0.25) is 5.89 Å². The SMILES string of the molecule is COc1ccc(CNc2nnc(-c3ccccc3)o2)cc1. The molecule has 5 heteroatoms. The smallest absolute Gasteiger partial charge is 0.316 e. The lowest BCUT2D eigenvalue weighted by Crippen LogP contribution is -1.99. The Morgan fingerprint density at radius 1 is 1.00 bits per heavy atom. The van der Waals surface area contributed by atoms with Crippen LogP contribution in [0.2, 0.25) is 0 Å². The summed E-state index contributed by atoms with van der Waals surface area (Å²) in [5.41, 5.74) is 2.01. The first-order valence-corrected chi connectivity index (χ1v) is 6.61. The molecular weight excluding hydrogens is 266 g/mol. The maximum atomic E-state index is 5.58. The number of methoxy groups -OCH3 is 1. The fraction of sp³-hybridized carbons (Fsp3) is 0.125. The predicted octanol–water partition coefficient (Wildman–Crippen LogP) is 3.36. The topological polar surface area (TPSA) is 60.2 Å². The first-order chi connectivity index (χ1) is 10.3. The summed E-state index contributed by atoms with van der Waals surface area (Å²) in [4.78, 5) is 0. The van der Waals surface area contributed by atoms with Gasteiger partial charge in [0.25, 0.3) is 0 Å². The van der Waals surface area contributed by atoms with E-state index in [2.05, 4.69) is 15.5 Å². The van der Waals surface area contributed by atoms with Crippen LogP contribution in [0.25, 0.3) is 11.5 Å². The molecule has 0 aliphatic heterocycles. The number of ether oxygens (including phenoxy) is 1. The Bertz CT molecular complexity index is 693. The van der Waals surface area contributed by atoms with Crippen molar-refractivity contribution >= 4 is 6.01 Å². The van der Waals surface area contributed by atoms with Crippen LogP contribution in [0.15, 0.2) is 59.0 Å². The number of hydrogen-bond donors (Lipinski definition) is 1. The van der Waals surface area contributed by atoms with Gasteiger partial charge in [0.1, 0.15) is 5.75 Å². The second kappa shape index (κ2) is 6.09. The second-order valence-electron chi connectivity index (χ2n) is 4.48. The summed E-state index contributed by atoms with van der Waals surface area (Å²) in [6, 6.07) is 17.9. The maximum Gasteiger partial charge on any atom is 0.316 e. The van der Waals surface area contributed by atoms with Crippen molar-refractivity contribution in [2.24, 2.45) is 0 Å². The van der Waals surface area contributed by atoms with Gasteiger partial charge in [-0.3, -0.25) is 0 Å². The van der Waals surface area contributed by atoms with E-state index in [1.54, 1.807) is 7.11 Å². The molecule has 0 unspecified atom stereocenters. The number of benzene rings is 2. The molecule has 0 saturated heterocycles. The van der Waals surface area contributed by atoms with Crippen molar-refractivity contribution in [3.05, 3.63) is 60.2 Å². The summed E-state index contributed by atoms with van der Waals surface area (Å²) >= 11 is 0. The van der Waals surface area contributed by atoms with Crippen LogP contribution in [-0.4, -0.2) is 17.3 Å². The highest BCUT2D eigenvalue weighted by Crippen LogP contribution is 2.19. The minimum atomic E-state index is 0.407. The van der Waals surface area contributed by atoms with E-state index in [0.717, 1.165) is 16.9 Å². The molecule has 0 fully saturated rings. The van der Waals surface area contributed by atoms with E-state index in [9.17, 15) is 0 Å². The Balaban J connectivity index is 1.64. The molecule has 0 saturated carbocycles. The van der Waals surface area contributed by atoms with Gasteiger partial charge in [-0.15, -0.1) is 5.10 Å². The highest BCUT2D eigenvalue weighted by Gasteiger charge is 2.07. The molecule has 2 aromatic carbocycles. The lowest BCUT2D eigenvalue weighted by Gasteiger charge is -2.03. The van der Waals surface area contributed by atoms with Crippen molar-refractivity contribution in [1.29, 1.82) is 0 Å². The van der Waals surface area contributed by atoms with Crippen LogP contribution >= 0.6 is 0 Å². The van der Waals surface area contributed by atoms with Crippen LogP contribution in [0.3, 0.4) is 0 Å². The van der Waals surface area contributed by atoms with Crippen LogP contribution in [0.5, 0.6) is 5.75 Å². The normalized spacial score (nSPS) is 10.3. The molecule has 5 nitrogen and oxygen atoms in total. The number of hydrogen-bond acceptors (Lipinski definition) is 5. The van der Waals surface area contributed by atoms with Gasteiger partial charge in [0.15, 0.2) is 0 Å². The standard InChI is InChI=1S/C16H15N3O2/c1-20-14-9-7-12(8-10-14)11-17-16-19-18-15(21-16)13-5-3-2-4-6-13/h2-10H,11H2,1H3,(H,17,19). The van der Waals surface area contributed by atoms with Gasteiger partial charge in [-0.1, -0.05) is 35.4 Å². The van der Waals surface area contributed by atoms with Crippen LogP contribution in [0.1, 0.15) is 5.56 Å². The molecule has 21 heavy (non-hydrogen) atoms. The second-order valence-corrected chi connectivity index (χ2v) is 4.48. The molecule has 0 atom stereocenters. The van der Waals surface area contributed by atoms with Crippen LogP contribution < -0.4 is 10.1 Å². The monoisotopic (exact) mass is 281 g/mol. The summed E-state index contributed by atoms with van der Waals surface area (Å²) in [5, 5.41) is 11.1. The van der Waals surface area contributed by atoms with Crippen LogP contribution in [0, 0.1) is 0 Å². The average Bonchev–Trinajstić information content (AvgIpc) is 3.03. The fourth-order valence-electron chi connectivity index (χ4n) is 1.91. The molecule has 1 aromatic heterocycles. The Kier molecular flexibility index (Phi) is 3.82. The van der Waals surface area contributed by atoms with Crippen molar-refractivity contribution < 1.29 is 9.15 Å². The van der Waals surface area contributed by atoms with E-state index in [-0.39, 0.29) is 0 Å². The van der Waals surface area contributed by atoms with E-state index < -0.39 is 0 Å². The zero-order valence-corrected chi connectivity index (χ0v) is 11.6. The molecule has 1 heterocycles. The Morgan fingerprint density at radius 3 is 2.48 bits per heavy atom. The minimum absolute atomic E-state index is 0.407. The molecule has 1 N–H and O–H groups in total. The average molecular weight is 281 g/mol. The largest absolute Gasteiger partial charge is 0.497 e. The van der Waals surface area contributed by atoms with Crippen LogP contribution in [-0.2, 0) is 6.54 Å². The van der Waals surface area contributed by atoms with E-state index >= 15 is 0 Å². The minimum Gasteiger partial charge on any atom is -0.497 e. The number of rotatable bonds is 5. The molecule has 0 bridgehead atoms. The number of nitrogens with zero attached hydrogens (tertiary/aromatic N) is 2. The molecule has 106 valence electrons. The summed E-state index contributed by atoms with van der Waals surface area (Å²) in [6.07, 6.45) is 0. The van der Waals surface area contributed by atoms with Crippen molar-refractivity contribution in [2.75, 3.05) is 12.4 Å². The summed E-state index contributed by atoms with van der Waals surface area (Å²) < 4.78 is 10.7. The first-order valence-electron chi connectivity index (χ1n) is 6.61. The number of anilines is 1. The zero-order chi connectivity index (χ0) is 14.5. The molecule has 0 amide bonds. The van der Waals surface area contributed by atoms with Crippen molar-refractivity contribution in [3.8, 4) is 17.2 Å². The number of aromatic nitrogens is 2. The quantitative estimate of drug-likeness (QED) is 0.777. The summed E-state index contributed by atoms with van der Waals surface area (Å²) in [5.74, 6) is 1.34. The van der Waals surface area contributed by atoms with Gasteiger partial charge in [-0.2, -0.15) is 0 Å². The van der Waals surface area contributed by atoms with E-state index in [4.69, 9.17) is 9.15 Å². The Hall–Kier alpha value is -2.82. The number of nitrogens with one attached hydrogen (secondary N) is 1. The lowest BCUT2D eigenvalue weighted by atomic mass is 10.2. The zero-order valence-electron chi connectivity index (χ0n) is 11.6. The Morgan fingerprint density at radius 2 is 1.76 bits per heavy atom. The molecular formula is C16H15N3O2. The summed E-state index contributed by atoms with van der Waals surface area (Å²) in [7, 11) is 1.65. The molecule has 0 aliphatic carbocycles. The van der Waals surface area contributed by atoms with Crippen LogP contribution in [0.4, 0.5) is 6.01 Å². The van der Waals surface area contributed by atoms with Gasteiger partial charge >= 0.3 is 6.01 Å².